The highest BCUT2D eigenvalue weighted by atomic mass is 32.2. The summed E-state index contributed by atoms with van der Waals surface area (Å²) in [5.41, 5.74) is 6.28. The molecule has 0 bridgehead atoms. The second kappa shape index (κ2) is 10.4. The summed E-state index contributed by atoms with van der Waals surface area (Å²) < 4.78 is 8.53. The van der Waals surface area contributed by atoms with Crippen LogP contribution in [0.4, 0.5) is 5.95 Å². The van der Waals surface area contributed by atoms with E-state index in [9.17, 15) is 14.7 Å². The molecule has 1 amide bonds. The highest BCUT2D eigenvalue weighted by Gasteiger charge is 2.16. The molecule has 3 heterocycles. The zero-order valence-corrected chi connectivity index (χ0v) is 18.1. The lowest BCUT2D eigenvalue weighted by atomic mass is 10.4. The molecule has 0 unspecified atom stereocenters. The van der Waals surface area contributed by atoms with Gasteiger partial charge in [-0.3, -0.25) is 14.6 Å². The van der Waals surface area contributed by atoms with E-state index < -0.39 is 5.56 Å². The molecule has 31 heavy (non-hydrogen) atoms. The molecule has 0 saturated heterocycles. The van der Waals surface area contributed by atoms with Crippen LogP contribution in [0.3, 0.4) is 0 Å². The minimum atomic E-state index is -0.444. The lowest BCUT2D eigenvalue weighted by molar-refractivity contribution is -0.121. The Morgan fingerprint density at radius 2 is 2.23 bits per heavy atom. The number of carbonyl (C=O) groups excluding carboxylic acids is 1. The molecule has 14 heteroatoms. The van der Waals surface area contributed by atoms with Crippen molar-refractivity contribution in [1.82, 2.24) is 39.8 Å². The van der Waals surface area contributed by atoms with Crippen molar-refractivity contribution in [3.8, 4) is 0 Å². The van der Waals surface area contributed by atoms with Crippen LogP contribution in [0.5, 0.6) is 0 Å². The third-order valence-electron chi connectivity index (χ3n) is 4.02. The molecule has 5 N–H and O–H groups in total. The van der Waals surface area contributed by atoms with Crippen LogP contribution in [0.1, 0.15) is 19.5 Å². The van der Waals surface area contributed by atoms with Crippen LogP contribution in [0.15, 0.2) is 16.1 Å². The number of anilines is 1. The van der Waals surface area contributed by atoms with E-state index in [1.54, 1.807) is 10.8 Å². The fourth-order valence-corrected chi connectivity index (χ4v) is 3.57. The topological polar surface area (TPSA) is 179 Å². The summed E-state index contributed by atoms with van der Waals surface area (Å²) >= 11 is 1.33. The molecule has 0 aliphatic carbocycles. The first kappa shape index (κ1) is 22.7. The van der Waals surface area contributed by atoms with Gasteiger partial charge in [-0.15, -0.1) is 5.10 Å². The van der Waals surface area contributed by atoms with Crippen LogP contribution in [0.2, 0.25) is 0 Å². The number of nitrogens with one attached hydrogen (secondary N) is 2. The molecule has 0 spiro atoms. The highest BCUT2D eigenvalue weighted by Crippen LogP contribution is 2.21. The van der Waals surface area contributed by atoms with Gasteiger partial charge < -0.3 is 25.5 Å². The fraction of sp³-hybridized carbons (Fsp3) is 0.529. The summed E-state index contributed by atoms with van der Waals surface area (Å²) in [4.78, 5) is 35.0. The molecule has 3 aromatic heterocycles. The Morgan fingerprint density at radius 3 is 2.97 bits per heavy atom. The number of ether oxygens (including phenoxy) is 1. The largest absolute Gasteiger partial charge is 0.395 e. The van der Waals surface area contributed by atoms with Crippen molar-refractivity contribution in [1.29, 1.82) is 0 Å². The van der Waals surface area contributed by atoms with Gasteiger partial charge in [0, 0.05) is 18.8 Å². The van der Waals surface area contributed by atoms with Crippen LogP contribution >= 0.6 is 11.8 Å². The van der Waals surface area contributed by atoms with Gasteiger partial charge in [0.05, 0.1) is 25.5 Å². The zero-order valence-electron chi connectivity index (χ0n) is 17.2. The third-order valence-corrected chi connectivity index (χ3v) is 5.00. The quantitative estimate of drug-likeness (QED) is 0.211. The van der Waals surface area contributed by atoms with E-state index in [-0.39, 0.29) is 43.2 Å². The van der Waals surface area contributed by atoms with Crippen LogP contribution < -0.4 is 16.6 Å². The van der Waals surface area contributed by atoms with E-state index in [0.717, 1.165) is 0 Å². The summed E-state index contributed by atoms with van der Waals surface area (Å²) in [5.74, 6) is 0.266. The van der Waals surface area contributed by atoms with Crippen LogP contribution in [-0.2, 0) is 29.2 Å². The molecule has 0 radical (unpaired) electrons. The number of nitrogen functional groups attached to an aromatic ring is 1. The van der Waals surface area contributed by atoms with Gasteiger partial charge in [0.15, 0.2) is 16.3 Å². The number of hydrogen-bond acceptors (Lipinski definition) is 10. The van der Waals surface area contributed by atoms with Gasteiger partial charge in [0.2, 0.25) is 11.9 Å². The van der Waals surface area contributed by atoms with Crippen molar-refractivity contribution in [3.63, 3.8) is 0 Å². The van der Waals surface area contributed by atoms with E-state index in [0.29, 0.717) is 35.4 Å². The first-order valence-electron chi connectivity index (χ1n) is 9.64. The minimum absolute atomic E-state index is 0.0209. The van der Waals surface area contributed by atoms with Crippen molar-refractivity contribution in [3.05, 3.63) is 22.2 Å². The van der Waals surface area contributed by atoms with E-state index in [1.165, 1.54) is 16.4 Å². The molecular formula is C17H25N9O4S. The molecule has 0 fully saturated rings. The number of hydrogen-bond donors (Lipinski definition) is 4. The number of carbonyl (C=O) groups is 1. The summed E-state index contributed by atoms with van der Waals surface area (Å²) in [6.45, 7) is 4.69. The summed E-state index contributed by atoms with van der Waals surface area (Å²) in [6.07, 6.45) is 1.76. The highest BCUT2D eigenvalue weighted by molar-refractivity contribution is 7.99. The van der Waals surface area contributed by atoms with E-state index in [4.69, 9.17) is 10.5 Å². The van der Waals surface area contributed by atoms with Gasteiger partial charge in [-0.25, -0.2) is 9.67 Å². The number of amides is 1. The van der Waals surface area contributed by atoms with Crippen LogP contribution in [-0.4, -0.2) is 70.5 Å². The first-order valence-corrected chi connectivity index (χ1v) is 10.6. The minimum Gasteiger partial charge on any atom is -0.395 e. The predicted octanol–water partition coefficient (Wildman–Crippen LogP) is -0.881. The van der Waals surface area contributed by atoms with Crippen molar-refractivity contribution < 1.29 is 14.6 Å². The zero-order chi connectivity index (χ0) is 22.4. The van der Waals surface area contributed by atoms with Crippen LogP contribution in [0, 0.1) is 0 Å². The fourth-order valence-electron chi connectivity index (χ4n) is 2.69. The monoisotopic (exact) mass is 451 g/mol. The SMILES string of the molecule is CC(C)OCc1cn(CC(=O)NCCSc2nc3c(=O)[nH]c(N)nc3n2CCO)nn1. The molecule has 0 saturated carbocycles. The molecule has 0 aliphatic rings. The standard InChI is InChI=1S/C17H25N9O4S/c1-10(2)30-9-11-7-25(24-23-11)8-12(28)19-3-6-31-17-20-13-14(26(17)4-5-27)21-16(18)22-15(13)29/h7,10,27H,3-6,8-9H2,1-2H3,(H,19,28)(H3,18,21,22,29). The molecule has 0 aliphatic heterocycles. The van der Waals surface area contributed by atoms with Crippen molar-refractivity contribution in [2.24, 2.45) is 0 Å². The Bertz CT molecular complexity index is 1090. The first-order chi connectivity index (χ1) is 14.9. The third kappa shape index (κ3) is 6.02. The summed E-state index contributed by atoms with van der Waals surface area (Å²) in [7, 11) is 0. The lowest BCUT2D eigenvalue weighted by Gasteiger charge is -2.07. The number of imidazole rings is 1. The number of nitrogens with two attached hydrogens (primary N) is 1. The van der Waals surface area contributed by atoms with Crippen LogP contribution in [0.25, 0.3) is 11.2 Å². The molecule has 0 aromatic carbocycles. The molecule has 3 aromatic rings. The maximum Gasteiger partial charge on any atom is 0.280 e. The number of fused-ring (bicyclic) bond motifs is 1. The Hall–Kier alpha value is -2.97. The van der Waals surface area contributed by atoms with E-state index in [1.807, 2.05) is 13.8 Å². The molecule has 13 nitrogen and oxygen atoms in total. The lowest BCUT2D eigenvalue weighted by Crippen LogP contribution is -2.29. The van der Waals surface area contributed by atoms with Gasteiger partial charge in [-0.05, 0) is 13.8 Å². The number of rotatable bonds is 11. The van der Waals surface area contributed by atoms with Gasteiger partial charge in [-0.2, -0.15) is 4.98 Å². The number of aromatic nitrogens is 7. The molecular weight excluding hydrogens is 426 g/mol. The average molecular weight is 452 g/mol. The second-order valence-corrected chi connectivity index (χ2v) is 7.92. The number of thioether (sulfide) groups is 1. The van der Waals surface area contributed by atoms with Crippen molar-refractivity contribution in [2.45, 2.75) is 44.8 Å². The molecule has 3 rings (SSSR count). The Kier molecular flexibility index (Phi) is 7.59. The molecule has 0 atom stereocenters. The predicted molar refractivity (Wildman–Crippen MR) is 113 cm³/mol. The van der Waals surface area contributed by atoms with Gasteiger partial charge >= 0.3 is 0 Å². The van der Waals surface area contributed by atoms with Gasteiger partial charge in [-0.1, -0.05) is 17.0 Å². The van der Waals surface area contributed by atoms with Crippen molar-refractivity contribution in [2.75, 3.05) is 24.6 Å². The average Bonchev–Trinajstić information content (AvgIpc) is 3.29. The Balaban J connectivity index is 1.52. The number of H-pyrrole nitrogens is 1. The number of aromatic amines is 1. The Morgan fingerprint density at radius 1 is 1.42 bits per heavy atom. The number of aliphatic hydroxyl groups excluding tert-OH is 1. The van der Waals surface area contributed by atoms with Gasteiger partial charge in [0.1, 0.15) is 12.2 Å². The normalized spacial score (nSPS) is 11.5. The molecule has 168 valence electrons. The van der Waals surface area contributed by atoms with E-state index in [2.05, 4.69) is 30.6 Å². The summed E-state index contributed by atoms with van der Waals surface area (Å²) in [5, 5.41) is 20.5. The number of nitrogens with zero attached hydrogens (tertiary/aromatic N) is 6. The Labute approximate surface area is 181 Å². The maximum atomic E-state index is 12.1. The van der Waals surface area contributed by atoms with E-state index >= 15 is 0 Å². The second-order valence-electron chi connectivity index (χ2n) is 6.86. The summed E-state index contributed by atoms with van der Waals surface area (Å²) in [6, 6.07) is 0. The maximum absolute atomic E-state index is 12.1. The van der Waals surface area contributed by atoms with Crippen molar-refractivity contribution >= 4 is 34.8 Å². The smallest absolute Gasteiger partial charge is 0.280 e. The van der Waals surface area contributed by atoms with Gasteiger partial charge in [0.25, 0.3) is 5.56 Å². The number of aliphatic hydroxyl groups is 1.